The molecule has 8 heteroatoms. The maximum Gasteiger partial charge on any atom is 0.416 e. The normalized spacial score (nSPS) is 24.7. The lowest BCUT2D eigenvalue weighted by Gasteiger charge is -2.30. The molecule has 1 aromatic carbocycles. The van der Waals surface area contributed by atoms with Crippen LogP contribution in [0, 0.1) is 0 Å². The van der Waals surface area contributed by atoms with Crippen LogP contribution in [0.2, 0.25) is 0 Å². The molecule has 0 fully saturated rings. The van der Waals surface area contributed by atoms with E-state index in [4.69, 9.17) is 0 Å². The number of hydrogen-bond acceptors (Lipinski definition) is 4. The maximum atomic E-state index is 15.0. The molecule has 0 saturated heterocycles. The van der Waals surface area contributed by atoms with Crippen LogP contribution in [0.3, 0.4) is 0 Å². The van der Waals surface area contributed by atoms with E-state index in [1.54, 1.807) is 6.07 Å². The van der Waals surface area contributed by atoms with E-state index in [1.807, 2.05) is 0 Å². The Labute approximate surface area is 133 Å². The highest BCUT2D eigenvalue weighted by molar-refractivity contribution is 5.95. The minimum Gasteiger partial charge on any atom is -0.380 e. The summed E-state index contributed by atoms with van der Waals surface area (Å²) in [5.41, 5.74) is -4.28. The van der Waals surface area contributed by atoms with Gasteiger partial charge in [-0.2, -0.15) is 18.2 Å². The molecule has 0 amide bonds. The van der Waals surface area contributed by atoms with Gasteiger partial charge >= 0.3 is 6.18 Å². The standard InChI is InChI=1S/C16H11F4NO3/c17-15(14(24)13(23)10-4-2-1-3-5-10)7-6-11(16(18,19)20)8-12(15)21-9-22/h1-8,12-13,23H. The Morgan fingerprint density at radius 2 is 1.92 bits per heavy atom. The van der Waals surface area contributed by atoms with Gasteiger partial charge in [-0.3, -0.25) is 4.79 Å². The number of carbonyl (C=O) groups excluding carboxylic acids is 2. The summed E-state index contributed by atoms with van der Waals surface area (Å²) >= 11 is 0. The molecule has 1 N–H and O–H groups in total. The lowest BCUT2D eigenvalue weighted by atomic mass is 9.82. The number of alkyl halides is 4. The zero-order chi connectivity index (χ0) is 18.0. The van der Waals surface area contributed by atoms with Crippen molar-refractivity contribution in [2.45, 2.75) is 24.0 Å². The van der Waals surface area contributed by atoms with Crippen molar-refractivity contribution in [2.24, 2.45) is 4.99 Å². The lowest BCUT2D eigenvalue weighted by Crippen LogP contribution is -2.46. The molecule has 4 nitrogen and oxygen atoms in total. The van der Waals surface area contributed by atoms with Crippen molar-refractivity contribution >= 4 is 11.9 Å². The predicted octanol–water partition coefficient (Wildman–Crippen LogP) is 2.76. The number of hydrogen-bond donors (Lipinski definition) is 1. The smallest absolute Gasteiger partial charge is 0.380 e. The number of carbonyl (C=O) groups is 1. The Morgan fingerprint density at radius 3 is 2.46 bits per heavy atom. The third-order valence-corrected chi connectivity index (χ3v) is 3.53. The van der Waals surface area contributed by atoms with Gasteiger partial charge in [0.25, 0.3) is 0 Å². The number of benzene rings is 1. The van der Waals surface area contributed by atoms with Crippen LogP contribution in [0.5, 0.6) is 0 Å². The third-order valence-electron chi connectivity index (χ3n) is 3.53. The third kappa shape index (κ3) is 3.34. The molecule has 0 saturated carbocycles. The SMILES string of the molecule is O=C=NC1C=C(C(F)(F)F)C=CC1(F)C(=O)C(O)c1ccccc1. The fraction of sp³-hybridized carbons (Fsp3) is 0.250. The van der Waals surface area contributed by atoms with Crippen molar-refractivity contribution < 1.29 is 32.3 Å². The molecule has 0 spiro atoms. The van der Waals surface area contributed by atoms with Crippen molar-refractivity contribution in [3.63, 3.8) is 0 Å². The molecule has 1 aliphatic rings. The first-order valence-corrected chi connectivity index (χ1v) is 6.71. The van der Waals surface area contributed by atoms with E-state index in [2.05, 4.69) is 4.99 Å². The van der Waals surface area contributed by atoms with E-state index in [9.17, 15) is 27.9 Å². The summed E-state index contributed by atoms with van der Waals surface area (Å²) in [5, 5.41) is 10.0. The Balaban J connectivity index is 2.40. The van der Waals surface area contributed by atoms with Crippen molar-refractivity contribution in [1.29, 1.82) is 0 Å². The number of nitrogens with zero attached hydrogens (tertiary/aromatic N) is 1. The first-order chi connectivity index (χ1) is 11.2. The molecule has 24 heavy (non-hydrogen) atoms. The monoisotopic (exact) mass is 341 g/mol. The topological polar surface area (TPSA) is 66.7 Å². The van der Waals surface area contributed by atoms with Gasteiger partial charge in [0.05, 0.1) is 5.57 Å². The lowest BCUT2D eigenvalue weighted by molar-refractivity contribution is -0.137. The van der Waals surface area contributed by atoms with E-state index in [-0.39, 0.29) is 5.56 Å². The highest BCUT2D eigenvalue weighted by Gasteiger charge is 2.50. The molecule has 0 aromatic heterocycles. The molecule has 1 aliphatic carbocycles. The molecule has 1 aromatic rings. The minimum absolute atomic E-state index is 0.0624. The van der Waals surface area contributed by atoms with Gasteiger partial charge in [-0.1, -0.05) is 36.4 Å². The van der Waals surface area contributed by atoms with E-state index < -0.39 is 35.3 Å². The van der Waals surface area contributed by atoms with E-state index in [1.165, 1.54) is 24.3 Å². The minimum atomic E-state index is -4.80. The Bertz CT molecular complexity index is 735. The molecule has 3 unspecified atom stereocenters. The van der Waals surface area contributed by atoms with Gasteiger partial charge in [0.2, 0.25) is 17.5 Å². The second kappa shape index (κ2) is 6.51. The summed E-state index contributed by atoms with van der Waals surface area (Å²) in [4.78, 5) is 25.7. The Hall–Kier alpha value is -2.57. The molecule has 0 heterocycles. The van der Waals surface area contributed by atoms with Crippen LogP contribution in [0.25, 0.3) is 0 Å². The van der Waals surface area contributed by atoms with E-state index >= 15 is 4.39 Å². The van der Waals surface area contributed by atoms with Gasteiger partial charge in [0.15, 0.2) is 0 Å². The fourth-order valence-electron chi connectivity index (χ4n) is 2.26. The van der Waals surface area contributed by atoms with Crippen LogP contribution in [-0.4, -0.2) is 34.9 Å². The Morgan fingerprint density at radius 1 is 1.29 bits per heavy atom. The van der Waals surface area contributed by atoms with E-state index in [0.29, 0.717) is 18.2 Å². The number of isocyanates is 1. The van der Waals surface area contributed by atoms with Gasteiger partial charge in [-0.15, -0.1) is 0 Å². The summed E-state index contributed by atoms with van der Waals surface area (Å²) in [7, 11) is 0. The molecule has 2 rings (SSSR count). The number of aliphatic hydroxyl groups excluding tert-OH is 1. The number of aliphatic imine (C=N–C) groups is 1. The average Bonchev–Trinajstić information content (AvgIpc) is 2.55. The number of halogens is 4. The van der Waals surface area contributed by atoms with Crippen LogP contribution >= 0.6 is 0 Å². The summed E-state index contributed by atoms with van der Waals surface area (Å²) < 4.78 is 53.2. The molecule has 0 aliphatic heterocycles. The van der Waals surface area contributed by atoms with Gasteiger partial charge in [-0.05, 0) is 17.7 Å². The van der Waals surface area contributed by atoms with Crippen LogP contribution in [0.1, 0.15) is 11.7 Å². The zero-order valence-corrected chi connectivity index (χ0v) is 12.0. The quantitative estimate of drug-likeness (QED) is 0.520. The molecular weight excluding hydrogens is 330 g/mol. The van der Waals surface area contributed by atoms with Crippen molar-refractivity contribution in [3.05, 3.63) is 59.7 Å². The van der Waals surface area contributed by atoms with Crippen LogP contribution < -0.4 is 0 Å². The number of ketones is 1. The van der Waals surface area contributed by atoms with Crippen LogP contribution in [0.4, 0.5) is 17.6 Å². The van der Waals surface area contributed by atoms with Crippen molar-refractivity contribution in [3.8, 4) is 0 Å². The van der Waals surface area contributed by atoms with Gasteiger partial charge in [-0.25, -0.2) is 9.18 Å². The summed E-state index contributed by atoms with van der Waals surface area (Å²) in [6.07, 6.45) is -4.71. The highest BCUT2D eigenvalue weighted by atomic mass is 19.4. The highest BCUT2D eigenvalue weighted by Crippen LogP contribution is 2.38. The van der Waals surface area contributed by atoms with Crippen molar-refractivity contribution in [2.75, 3.05) is 0 Å². The molecular formula is C16H11F4NO3. The second-order valence-corrected chi connectivity index (χ2v) is 5.06. The maximum absolute atomic E-state index is 15.0. The number of rotatable bonds is 4. The van der Waals surface area contributed by atoms with Gasteiger partial charge in [0.1, 0.15) is 12.1 Å². The molecule has 0 radical (unpaired) electrons. The number of Topliss-reactive ketones (excluding diaryl/α,β-unsaturated/α-hetero) is 1. The number of allylic oxidation sites excluding steroid dienone is 2. The molecule has 3 atom stereocenters. The summed E-state index contributed by atoms with van der Waals surface area (Å²) in [6.45, 7) is 0. The zero-order valence-electron chi connectivity index (χ0n) is 12.0. The first kappa shape index (κ1) is 17.8. The van der Waals surface area contributed by atoms with Gasteiger partial charge in [0, 0.05) is 0 Å². The summed E-state index contributed by atoms with van der Waals surface area (Å²) in [6, 6.07) is 5.24. The predicted molar refractivity (Wildman–Crippen MR) is 75.4 cm³/mol. The second-order valence-electron chi connectivity index (χ2n) is 5.06. The van der Waals surface area contributed by atoms with Crippen LogP contribution in [-0.2, 0) is 9.59 Å². The first-order valence-electron chi connectivity index (χ1n) is 6.71. The molecule has 126 valence electrons. The summed E-state index contributed by atoms with van der Waals surface area (Å²) in [5.74, 6) is -1.42. The van der Waals surface area contributed by atoms with Gasteiger partial charge < -0.3 is 5.11 Å². The van der Waals surface area contributed by atoms with E-state index in [0.717, 1.165) is 6.08 Å². The average molecular weight is 341 g/mol. The Kier molecular flexibility index (Phi) is 4.82. The number of aliphatic hydroxyl groups is 1. The largest absolute Gasteiger partial charge is 0.416 e. The fourth-order valence-corrected chi connectivity index (χ4v) is 2.26. The molecule has 0 bridgehead atoms. The van der Waals surface area contributed by atoms with Crippen molar-refractivity contribution in [1.82, 2.24) is 0 Å². The van der Waals surface area contributed by atoms with Crippen LogP contribution in [0.15, 0.2) is 59.1 Å².